The SMILES string of the molecule is CCN(CC)C(=O)CCNc1c(N)cc(N)c(Cl)c1F. The topological polar surface area (TPSA) is 84.4 Å². The van der Waals surface area contributed by atoms with Crippen molar-refractivity contribution in [1.82, 2.24) is 4.90 Å². The summed E-state index contributed by atoms with van der Waals surface area (Å²) < 4.78 is 13.9. The summed E-state index contributed by atoms with van der Waals surface area (Å²) in [5.41, 5.74) is 11.5. The highest BCUT2D eigenvalue weighted by Crippen LogP contribution is 2.33. The van der Waals surface area contributed by atoms with Crippen LogP contribution in [0.4, 0.5) is 21.5 Å². The summed E-state index contributed by atoms with van der Waals surface area (Å²) in [6, 6.07) is 1.39. The van der Waals surface area contributed by atoms with Gasteiger partial charge in [0.1, 0.15) is 5.02 Å². The lowest BCUT2D eigenvalue weighted by molar-refractivity contribution is -0.130. The van der Waals surface area contributed by atoms with Gasteiger partial charge in [0.15, 0.2) is 5.82 Å². The van der Waals surface area contributed by atoms with Crippen LogP contribution in [0.2, 0.25) is 5.02 Å². The van der Waals surface area contributed by atoms with E-state index in [1.54, 1.807) is 4.90 Å². The number of nitrogens with two attached hydrogens (primary N) is 2. The van der Waals surface area contributed by atoms with Gasteiger partial charge >= 0.3 is 0 Å². The van der Waals surface area contributed by atoms with E-state index in [4.69, 9.17) is 23.1 Å². The van der Waals surface area contributed by atoms with Crippen LogP contribution in [0, 0.1) is 5.82 Å². The Kier molecular flexibility index (Phi) is 5.88. The van der Waals surface area contributed by atoms with E-state index in [1.165, 1.54) is 6.07 Å². The Labute approximate surface area is 123 Å². The first-order valence-electron chi connectivity index (χ1n) is 6.46. The monoisotopic (exact) mass is 302 g/mol. The van der Waals surface area contributed by atoms with Gasteiger partial charge in [-0.05, 0) is 19.9 Å². The number of rotatable bonds is 6. The number of nitrogens with zero attached hydrogens (tertiary/aromatic N) is 1. The van der Waals surface area contributed by atoms with E-state index in [1.807, 2.05) is 13.8 Å². The Morgan fingerprint density at radius 2 is 1.95 bits per heavy atom. The summed E-state index contributed by atoms with van der Waals surface area (Å²) in [7, 11) is 0. The predicted octanol–water partition coefficient (Wildman–Crippen LogP) is 2.31. The van der Waals surface area contributed by atoms with Gasteiger partial charge in [0.2, 0.25) is 5.91 Å². The molecule has 1 aromatic carbocycles. The number of hydrogen-bond acceptors (Lipinski definition) is 4. The normalized spacial score (nSPS) is 10.4. The molecule has 0 saturated carbocycles. The minimum absolute atomic E-state index is 0.00280. The van der Waals surface area contributed by atoms with E-state index >= 15 is 0 Å². The second-order valence-corrected chi connectivity index (χ2v) is 4.68. The predicted molar refractivity (Wildman–Crippen MR) is 81.3 cm³/mol. The van der Waals surface area contributed by atoms with E-state index in [-0.39, 0.29) is 41.0 Å². The molecule has 0 aliphatic heterocycles. The molecular weight excluding hydrogens is 283 g/mol. The molecule has 0 aliphatic rings. The standard InChI is InChI=1S/C13H20ClFN4O/c1-3-19(4-2)10(20)5-6-18-13-9(17)7-8(16)11(14)12(13)15/h7,18H,3-6,16-17H2,1-2H3. The van der Waals surface area contributed by atoms with E-state index in [0.717, 1.165) is 0 Å². The first-order chi connectivity index (χ1) is 9.42. The van der Waals surface area contributed by atoms with E-state index in [9.17, 15) is 9.18 Å². The maximum atomic E-state index is 13.9. The molecule has 1 aromatic rings. The van der Waals surface area contributed by atoms with Crippen molar-refractivity contribution in [1.29, 1.82) is 0 Å². The Morgan fingerprint density at radius 3 is 2.50 bits per heavy atom. The number of carbonyl (C=O) groups is 1. The minimum atomic E-state index is -0.695. The minimum Gasteiger partial charge on any atom is -0.397 e. The zero-order chi connectivity index (χ0) is 15.3. The van der Waals surface area contributed by atoms with Crippen molar-refractivity contribution in [2.75, 3.05) is 36.4 Å². The van der Waals surface area contributed by atoms with Crippen LogP contribution in [0.5, 0.6) is 0 Å². The quantitative estimate of drug-likeness (QED) is 0.704. The maximum Gasteiger partial charge on any atom is 0.224 e. The largest absolute Gasteiger partial charge is 0.397 e. The third-order valence-electron chi connectivity index (χ3n) is 3.02. The van der Waals surface area contributed by atoms with Crippen LogP contribution in [0.3, 0.4) is 0 Å². The van der Waals surface area contributed by atoms with Crippen molar-refractivity contribution in [3.05, 3.63) is 16.9 Å². The number of amides is 1. The molecule has 112 valence electrons. The lowest BCUT2D eigenvalue weighted by Gasteiger charge is -2.19. The van der Waals surface area contributed by atoms with Gasteiger partial charge in [-0.3, -0.25) is 4.79 Å². The molecule has 0 unspecified atom stereocenters. The fourth-order valence-electron chi connectivity index (χ4n) is 1.87. The second kappa shape index (κ2) is 7.19. The molecule has 1 rings (SSSR count). The Bertz CT molecular complexity index is 492. The molecule has 0 bridgehead atoms. The van der Waals surface area contributed by atoms with E-state index < -0.39 is 5.82 Å². The Morgan fingerprint density at radius 1 is 1.35 bits per heavy atom. The smallest absolute Gasteiger partial charge is 0.224 e. The highest BCUT2D eigenvalue weighted by Gasteiger charge is 2.15. The highest BCUT2D eigenvalue weighted by molar-refractivity contribution is 6.33. The molecule has 0 spiro atoms. The Hall–Kier alpha value is -1.69. The molecule has 0 aliphatic carbocycles. The molecule has 0 heterocycles. The highest BCUT2D eigenvalue weighted by atomic mass is 35.5. The molecule has 1 amide bonds. The van der Waals surface area contributed by atoms with Crippen molar-refractivity contribution in [3.8, 4) is 0 Å². The van der Waals surface area contributed by atoms with Crippen molar-refractivity contribution < 1.29 is 9.18 Å². The number of nitrogens with one attached hydrogen (secondary N) is 1. The molecule has 0 radical (unpaired) electrons. The van der Waals surface area contributed by atoms with Crippen LogP contribution in [0.25, 0.3) is 0 Å². The fourth-order valence-corrected chi connectivity index (χ4v) is 2.02. The number of halogens is 2. The first kappa shape index (κ1) is 16.4. The molecule has 0 aromatic heterocycles. The van der Waals surface area contributed by atoms with Crippen LogP contribution in [-0.2, 0) is 4.79 Å². The number of anilines is 3. The van der Waals surface area contributed by atoms with Crippen LogP contribution in [0.1, 0.15) is 20.3 Å². The summed E-state index contributed by atoms with van der Waals surface area (Å²) in [5.74, 6) is -0.692. The molecule has 0 fully saturated rings. The third-order valence-corrected chi connectivity index (χ3v) is 3.41. The maximum absolute atomic E-state index is 13.9. The van der Waals surface area contributed by atoms with Crippen LogP contribution >= 0.6 is 11.6 Å². The number of hydrogen-bond donors (Lipinski definition) is 3. The molecular formula is C13H20ClFN4O. The molecule has 5 nitrogen and oxygen atoms in total. The summed E-state index contributed by atoms with van der Waals surface area (Å²) in [5, 5.41) is 2.63. The summed E-state index contributed by atoms with van der Waals surface area (Å²) in [6.45, 7) is 5.40. The molecule has 7 heteroatoms. The summed E-state index contributed by atoms with van der Waals surface area (Å²) in [6.07, 6.45) is 0.253. The zero-order valence-electron chi connectivity index (χ0n) is 11.7. The van der Waals surface area contributed by atoms with Gasteiger partial charge in [0.25, 0.3) is 0 Å². The fraction of sp³-hybridized carbons (Fsp3) is 0.462. The Balaban J connectivity index is 2.68. The number of carbonyl (C=O) groups excluding carboxylic acids is 1. The van der Waals surface area contributed by atoms with Gasteiger partial charge in [0, 0.05) is 26.1 Å². The first-order valence-corrected chi connectivity index (χ1v) is 6.84. The lowest BCUT2D eigenvalue weighted by atomic mass is 10.2. The van der Waals surface area contributed by atoms with Gasteiger partial charge in [-0.15, -0.1) is 0 Å². The molecule has 0 saturated heterocycles. The van der Waals surface area contributed by atoms with Gasteiger partial charge in [-0.2, -0.15) is 0 Å². The van der Waals surface area contributed by atoms with Gasteiger partial charge < -0.3 is 21.7 Å². The van der Waals surface area contributed by atoms with Crippen LogP contribution < -0.4 is 16.8 Å². The van der Waals surface area contributed by atoms with Gasteiger partial charge in [-0.1, -0.05) is 11.6 Å². The second-order valence-electron chi connectivity index (χ2n) is 4.30. The van der Waals surface area contributed by atoms with Crippen molar-refractivity contribution >= 4 is 34.6 Å². The van der Waals surface area contributed by atoms with E-state index in [0.29, 0.717) is 13.1 Å². The van der Waals surface area contributed by atoms with Crippen LogP contribution in [0.15, 0.2) is 6.07 Å². The zero-order valence-corrected chi connectivity index (χ0v) is 12.4. The summed E-state index contributed by atoms with van der Waals surface area (Å²) >= 11 is 5.72. The molecule has 20 heavy (non-hydrogen) atoms. The van der Waals surface area contributed by atoms with Crippen molar-refractivity contribution in [3.63, 3.8) is 0 Å². The molecule has 5 N–H and O–H groups in total. The van der Waals surface area contributed by atoms with Crippen LogP contribution in [-0.4, -0.2) is 30.4 Å². The number of nitrogen functional groups attached to an aromatic ring is 2. The van der Waals surface area contributed by atoms with Gasteiger partial charge in [-0.25, -0.2) is 4.39 Å². The average Bonchev–Trinajstić information content (AvgIpc) is 2.41. The van der Waals surface area contributed by atoms with E-state index in [2.05, 4.69) is 5.32 Å². The van der Waals surface area contributed by atoms with Crippen molar-refractivity contribution in [2.24, 2.45) is 0 Å². The summed E-state index contributed by atoms with van der Waals surface area (Å²) in [4.78, 5) is 13.5. The molecule has 0 atom stereocenters. The number of benzene rings is 1. The average molecular weight is 303 g/mol. The third kappa shape index (κ3) is 3.66. The van der Waals surface area contributed by atoms with Gasteiger partial charge in [0.05, 0.1) is 17.1 Å². The van der Waals surface area contributed by atoms with Crippen molar-refractivity contribution in [2.45, 2.75) is 20.3 Å². The lowest BCUT2D eigenvalue weighted by Crippen LogP contribution is -2.31.